The number of nitrogens with zero attached hydrogens (tertiary/aromatic N) is 5. The van der Waals surface area contributed by atoms with Crippen molar-refractivity contribution in [1.29, 1.82) is 0 Å². The van der Waals surface area contributed by atoms with Crippen LogP contribution in [0.15, 0.2) is 192 Å². The summed E-state index contributed by atoms with van der Waals surface area (Å²) in [6.45, 7) is 0. The summed E-state index contributed by atoms with van der Waals surface area (Å²) >= 11 is 0. The SMILES string of the molecule is [2H]c1c([2H])c([2H])c(-n2c3c([2H])c([2H])c([2H])c([2H])c3c3c([2H])c([2H])c4c5c([2H])c([2H])c([2H])c([2H])c5n(-c5nc(-c6ccccc6)nc(-c6ccc7c(c6)oc6cccc(-c8ccccc8)c67)n5)c4c32)c([2H])c1[2H]. The zero-order chi connectivity index (χ0) is 50.5. The Bertz CT molecular complexity index is 4370. The number of rotatable bonds is 5. The average molecular weight is 745 g/mol. The third-order valence-corrected chi connectivity index (χ3v) is 10.1. The number of hydrogen-bond donors (Lipinski definition) is 0. The van der Waals surface area contributed by atoms with E-state index in [1.165, 1.54) is 4.57 Å². The molecule has 0 fully saturated rings. The molecule has 0 amide bonds. The monoisotopic (exact) mass is 744 g/mol. The van der Waals surface area contributed by atoms with Crippen molar-refractivity contribution in [3.8, 4) is 45.5 Å². The van der Waals surface area contributed by atoms with Crippen LogP contribution in [0.25, 0.3) is 111 Å². The molecule has 0 bridgehead atoms. The van der Waals surface area contributed by atoms with E-state index in [2.05, 4.69) is 0 Å². The minimum absolute atomic E-state index is 0.0607. The van der Waals surface area contributed by atoms with Crippen LogP contribution in [0.1, 0.15) is 20.6 Å². The van der Waals surface area contributed by atoms with E-state index in [1.54, 1.807) is 42.5 Å². The minimum Gasteiger partial charge on any atom is -0.456 e. The number of aromatic nitrogens is 5. The molecule has 0 saturated heterocycles. The van der Waals surface area contributed by atoms with Crippen molar-refractivity contribution in [2.24, 2.45) is 0 Å². The van der Waals surface area contributed by atoms with Crippen molar-refractivity contribution in [2.75, 3.05) is 0 Å². The highest BCUT2D eigenvalue weighted by atomic mass is 16.3. The fraction of sp³-hybridized carbons (Fsp3) is 0. The van der Waals surface area contributed by atoms with Crippen LogP contribution in [0.4, 0.5) is 0 Å². The molecule has 0 radical (unpaired) electrons. The van der Waals surface area contributed by atoms with E-state index in [-0.39, 0.29) is 55.7 Å². The van der Waals surface area contributed by atoms with Crippen LogP contribution in [-0.4, -0.2) is 24.1 Å². The molecule has 12 aromatic rings. The lowest BCUT2D eigenvalue weighted by atomic mass is 9.99. The van der Waals surface area contributed by atoms with Gasteiger partial charge in [-0.2, -0.15) is 9.97 Å². The van der Waals surface area contributed by atoms with Gasteiger partial charge in [0.05, 0.1) is 42.6 Å². The Morgan fingerprint density at radius 2 is 1.05 bits per heavy atom. The van der Waals surface area contributed by atoms with Gasteiger partial charge < -0.3 is 8.98 Å². The highest BCUT2D eigenvalue weighted by Gasteiger charge is 2.24. The topological polar surface area (TPSA) is 61.7 Å². The Morgan fingerprint density at radius 1 is 0.439 bits per heavy atom. The largest absolute Gasteiger partial charge is 0.456 e. The number of benzene rings is 8. The standard InChI is InChI=1S/C51H31N5O/c1-4-15-32(16-5-1)36-23-14-26-44-46(36)41-28-27-34(31-45(41)57-44)50-52-49(33-17-6-2-7-18-33)53-51(54-50)56-43-25-13-11-22-38(43)40-30-29-39-37-21-10-12-24-42(37)55(47(39)48(40)56)35-19-8-3-9-20-35/h1-31H/i3D,8D,9D,10D,11D,12D,13D,19D,20D,21D,22D,24D,25D,29D,30D. The average Bonchev–Trinajstić information content (AvgIpc) is 4.08. The van der Waals surface area contributed by atoms with Gasteiger partial charge in [-0.1, -0.05) is 145 Å². The summed E-state index contributed by atoms with van der Waals surface area (Å²) in [6.07, 6.45) is 0. The van der Waals surface area contributed by atoms with Gasteiger partial charge in [0.15, 0.2) is 11.6 Å². The molecular weight excluding hydrogens is 699 g/mol. The van der Waals surface area contributed by atoms with Gasteiger partial charge in [-0.15, -0.1) is 0 Å². The van der Waals surface area contributed by atoms with E-state index in [1.807, 2.05) is 54.6 Å². The first-order valence-corrected chi connectivity index (χ1v) is 17.9. The molecule has 0 N–H and O–H groups in total. The molecule has 266 valence electrons. The molecule has 0 aliphatic heterocycles. The van der Waals surface area contributed by atoms with E-state index in [0.717, 1.165) is 26.5 Å². The van der Waals surface area contributed by atoms with Crippen LogP contribution in [-0.2, 0) is 0 Å². The first kappa shape index (κ1) is 20.2. The van der Waals surface area contributed by atoms with Gasteiger partial charge >= 0.3 is 0 Å². The Kier molecular flexibility index (Phi) is 4.37. The summed E-state index contributed by atoms with van der Waals surface area (Å²) < 4.78 is 145. The Morgan fingerprint density at radius 3 is 1.77 bits per heavy atom. The first-order chi connectivity index (χ1) is 34.5. The highest BCUT2D eigenvalue weighted by Crippen LogP contribution is 2.42. The molecule has 0 aliphatic rings. The second-order valence-electron chi connectivity index (χ2n) is 13.3. The Hall–Kier alpha value is -7.83. The lowest BCUT2D eigenvalue weighted by molar-refractivity contribution is 0.669. The summed E-state index contributed by atoms with van der Waals surface area (Å²) in [4.78, 5) is 14.9. The number of fused-ring (bicyclic) bond motifs is 10. The van der Waals surface area contributed by atoms with Crippen LogP contribution in [0, 0.1) is 0 Å². The van der Waals surface area contributed by atoms with Crippen LogP contribution in [0.3, 0.4) is 0 Å². The molecular formula is C51H31N5O. The van der Waals surface area contributed by atoms with E-state index in [9.17, 15) is 11.0 Å². The van der Waals surface area contributed by atoms with Crippen molar-refractivity contribution in [2.45, 2.75) is 0 Å². The van der Waals surface area contributed by atoms with Gasteiger partial charge in [0.1, 0.15) is 11.2 Å². The van der Waals surface area contributed by atoms with Gasteiger partial charge in [0.25, 0.3) is 0 Å². The fourth-order valence-corrected chi connectivity index (χ4v) is 7.72. The highest BCUT2D eigenvalue weighted by molar-refractivity contribution is 6.23. The lowest BCUT2D eigenvalue weighted by Gasteiger charge is -2.13. The fourth-order valence-electron chi connectivity index (χ4n) is 7.72. The normalized spacial score (nSPS) is 15.5. The summed E-state index contributed by atoms with van der Waals surface area (Å²) in [5.74, 6) is -0.131. The van der Waals surface area contributed by atoms with Gasteiger partial charge in [-0.3, -0.25) is 4.57 Å². The first-order valence-electron chi connectivity index (χ1n) is 25.4. The maximum atomic E-state index is 9.68. The van der Waals surface area contributed by atoms with E-state index >= 15 is 0 Å². The Balaban J connectivity index is 1.29. The van der Waals surface area contributed by atoms with Gasteiger partial charge in [-0.25, -0.2) is 4.98 Å². The second-order valence-corrected chi connectivity index (χ2v) is 13.3. The quantitative estimate of drug-likeness (QED) is 0.176. The number of furan rings is 1. The van der Waals surface area contributed by atoms with Crippen LogP contribution in [0.5, 0.6) is 0 Å². The number of hydrogen-bond acceptors (Lipinski definition) is 4. The predicted molar refractivity (Wildman–Crippen MR) is 232 cm³/mol. The molecule has 6 nitrogen and oxygen atoms in total. The van der Waals surface area contributed by atoms with Crippen LogP contribution in [0.2, 0.25) is 0 Å². The van der Waals surface area contributed by atoms with Gasteiger partial charge in [0, 0.05) is 49.1 Å². The molecule has 0 saturated carbocycles. The van der Waals surface area contributed by atoms with Crippen molar-refractivity contribution in [3.05, 3.63) is 188 Å². The molecule has 4 aromatic heterocycles. The van der Waals surface area contributed by atoms with E-state index in [4.69, 9.17) is 29.0 Å². The summed E-state index contributed by atoms with van der Waals surface area (Å²) in [6, 6.07) is 19.4. The maximum absolute atomic E-state index is 9.68. The molecule has 0 aliphatic carbocycles. The predicted octanol–water partition coefficient (Wildman–Crippen LogP) is 13.0. The molecule has 8 aromatic carbocycles. The summed E-state index contributed by atoms with van der Waals surface area (Å²) in [5.41, 5.74) is 2.23. The molecule has 6 heteroatoms. The zero-order valence-electron chi connectivity index (χ0n) is 44.4. The summed E-state index contributed by atoms with van der Waals surface area (Å²) in [7, 11) is 0. The maximum Gasteiger partial charge on any atom is 0.238 e. The molecule has 4 heterocycles. The lowest BCUT2D eigenvalue weighted by Crippen LogP contribution is -2.07. The van der Waals surface area contributed by atoms with E-state index < -0.39 is 102 Å². The van der Waals surface area contributed by atoms with Crippen LogP contribution >= 0.6 is 0 Å². The van der Waals surface area contributed by atoms with Crippen molar-refractivity contribution >= 4 is 65.6 Å². The molecule has 0 spiro atoms. The second kappa shape index (κ2) is 12.3. The molecule has 0 unspecified atom stereocenters. The molecule has 12 rings (SSSR count). The minimum atomic E-state index is -0.784. The van der Waals surface area contributed by atoms with Crippen molar-refractivity contribution in [1.82, 2.24) is 24.1 Å². The molecule has 57 heavy (non-hydrogen) atoms. The third kappa shape index (κ3) is 4.81. The summed E-state index contributed by atoms with van der Waals surface area (Å²) in [5, 5.41) is 0.540. The van der Waals surface area contributed by atoms with Crippen molar-refractivity contribution < 1.29 is 25.0 Å². The van der Waals surface area contributed by atoms with Gasteiger partial charge in [0.2, 0.25) is 5.95 Å². The molecule has 0 atom stereocenters. The number of para-hydroxylation sites is 3. The van der Waals surface area contributed by atoms with Crippen molar-refractivity contribution in [3.63, 3.8) is 0 Å². The van der Waals surface area contributed by atoms with Crippen LogP contribution < -0.4 is 0 Å². The zero-order valence-corrected chi connectivity index (χ0v) is 29.4. The Labute approximate surface area is 347 Å². The smallest absolute Gasteiger partial charge is 0.238 e. The van der Waals surface area contributed by atoms with E-state index in [0.29, 0.717) is 22.3 Å². The van der Waals surface area contributed by atoms with Gasteiger partial charge in [-0.05, 0) is 53.5 Å². The third-order valence-electron chi connectivity index (χ3n) is 10.1.